The predicted molar refractivity (Wildman–Crippen MR) is 180 cm³/mol. The first-order chi connectivity index (χ1) is 21.4. The van der Waals surface area contributed by atoms with Crippen LogP contribution in [0.4, 0.5) is 0 Å². The van der Waals surface area contributed by atoms with E-state index in [4.69, 9.17) is 18.3 Å². The summed E-state index contributed by atoms with van der Waals surface area (Å²) >= 11 is 0. The number of fused-ring (bicyclic) bond motifs is 5. The van der Waals surface area contributed by atoms with Gasteiger partial charge in [0.1, 0.15) is 11.9 Å². The molecule has 4 aliphatic carbocycles. The van der Waals surface area contributed by atoms with Gasteiger partial charge in [-0.15, -0.1) is 0 Å². The molecule has 0 radical (unpaired) electrons. The number of rotatable bonds is 13. The van der Waals surface area contributed by atoms with E-state index in [1.165, 1.54) is 56.9 Å². The first-order valence-corrected chi connectivity index (χ1v) is 19.5. The molecule has 1 aromatic carbocycles. The number of esters is 1. The normalized spacial score (nSPS) is 33.5. The third-order valence-corrected chi connectivity index (χ3v) is 14.0. The smallest absolute Gasteiger partial charge is 0.458 e. The molecule has 6 nitrogen and oxygen atoms in total. The Balaban J connectivity index is 1.19. The zero-order valence-corrected chi connectivity index (χ0v) is 29.9. The van der Waals surface area contributed by atoms with Crippen LogP contribution in [0.3, 0.4) is 0 Å². The Hall–Kier alpha value is -1.62. The largest absolute Gasteiger partial charge is 0.530 e. The van der Waals surface area contributed by atoms with Gasteiger partial charge in [0.2, 0.25) is 0 Å². The van der Waals surface area contributed by atoms with Crippen LogP contribution < -0.4 is 4.52 Å². The van der Waals surface area contributed by atoms with Gasteiger partial charge in [-0.05, 0) is 129 Å². The van der Waals surface area contributed by atoms with Crippen molar-refractivity contribution in [1.29, 1.82) is 0 Å². The second-order valence-corrected chi connectivity index (χ2v) is 17.1. The number of allylic oxidation sites excluding steroid dienone is 1. The van der Waals surface area contributed by atoms with Crippen LogP contribution in [0.2, 0.25) is 0 Å². The van der Waals surface area contributed by atoms with Crippen molar-refractivity contribution in [2.24, 2.45) is 46.3 Å². The SMILES string of the molecule is CCOP(=O)(OCC)Oc1ccc(C(=O)O[C@@H]2CC[C@@]3(C)C(=CC[C@@H]4[C@@H]3CC[C@]3(C)C([C@H](C)CCCC(C)C)CC[C@@H]43)C2)cc1. The van der Waals surface area contributed by atoms with Crippen molar-refractivity contribution in [3.63, 3.8) is 0 Å². The molecule has 3 saturated carbocycles. The Morgan fingerprint density at radius 1 is 0.933 bits per heavy atom. The highest BCUT2D eigenvalue weighted by Gasteiger charge is 2.59. The number of ether oxygens (including phenoxy) is 1. The minimum Gasteiger partial charge on any atom is -0.458 e. The zero-order chi connectivity index (χ0) is 32.4. The number of carbonyl (C=O) groups excluding carboxylic acids is 1. The number of hydrogen-bond acceptors (Lipinski definition) is 6. The minimum atomic E-state index is -3.69. The van der Waals surface area contributed by atoms with Crippen LogP contribution in [0.5, 0.6) is 5.75 Å². The van der Waals surface area contributed by atoms with Crippen molar-refractivity contribution >= 4 is 13.8 Å². The van der Waals surface area contributed by atoms with Gasteiger partial charge in [-0.1, -0.05) is 65.5 Å². The molecule has 1 aromatic rings. The lowest BCUT2D eigenvalue weighted by Crippen LogP contribution is -2.51. The summed E-state index contributed by atoms with van der Waals surface area (Å²) in [6, 6.07) is 6.52. The van der Waals surface area contributed by atoms with Crippen molar-refractivity contribution in [3.05, 3.63) is 41.5 Å². The van der Waals surface area contributed by atoms with Crippen molar-refractivity contribution < 1.29 is 27.7 Å². The average Bonchev–Trinajstić information content (AvgIpc) is 3.35. The molecule has 3 fully saturated rings. The van der Waals surface area contributed by atoms with E-state index in [0.717, 1.165) is 54.8 Å². The molecule has 1 unspecified atom stereocenters. The van der Waals surface area contributed by atoms with Gasteiger partial charge in [0.05, 0.1) is 18.8 Å². The molecular weight excluding hydrogens is 583 g/mol. The molecule has 0 aliphatic heterocycles. The third-order valence-electron chi connectivity index (χ3n) is 12.4. The topological polar surface area (TPSA) is 71.1 Å². The molecular formula is C38H59O6P. The monoisotopic (exact) mass is 642 g/mol. The standard InChI is InChI=1S/C38H59O6P/c1-8-41-45(40,42-9-2)44-30-16-13-28(14-17-30)36(39)43-31-21-23-37(6)29(25-31)15-18-32-34-20-19-33(27(5)12-10-11-26(3)4)38(34,7)24-22-35(32)37/h13-17,26-27,31-35H,8-12,18-25H2,1-7H3/t27-,31-,32+,33?,34+,35+,37+,38-/m1/s1. The highest BCUT2D eigenvalue weighted by atomic mass is 31.2. The summed E-state index contributed by atoms with van der Waals surface area (Å²) in [4.78, 5) is 13.1. The molecule has 5 rings (SSSR count). The van der Waals surface area contributed by atoms with E-state index in [-0.39, 0.29) is 30.7 Å². The lowest BCUT2D eigenvalue weighted by molar-refractivity contribution is -0.0594. The van der Waals surface area contributed by atoms with E-state index < -0.39 is 7.82 Å². The van der Waals surface area contributed by atoms with Gasteiger partial charge in [-0.25, -0.2) is 9.36 Å². The fourth-order valence-electron chi connectivity index (χ4n) is 10.2. The van der Waals surface area contributed by atoms with Crippen molar-refractivity contribution in [2.45, 2.75) is 125 Å². The van der Waals surface area contributed by atoms with Crippen LogP contribution in [-0.2, 0) is 18.3 Å². The molecule has 4 aliphatic rings. The summed E-state index contributed by atoms with van der Waals surface area (Å²) in [6.45, 7) is 16.3. The summed E-state index contributed by atoms with van der Waals surface area (Å²) in [6.07, 6.45) is 16.2. The van der Waals surface area contributed by atoms with Gasteiger partial charge in [0, 0.05) is 6.42 Å². The fourth-order valence-corrected chi connectivity index (χ4v) is 11.4. The molecule has 0 N–H and O–H groups in total. The molecule has 45 heavy (non-hydrogen) atoms. The van der Waals surface area contributed by atoms with Crippen molar-refractivity contribution in [2.75, 3.05) is 13.2 Å². The molecule has 0 spiro atoms. The van der Waals surface area contributed by atoms with E-state index in [2.05, 4.69) is 40.7 Å². The van der Waals surface area contributed by atoms with Crippen LogP contribution in [-0.4, -0.2) is 25.3 Å². The molecule has 0 aromatic heterocycles. The van der Waals surface area contributed by atoms with Crippen LogP contribution in [0.25, 0.3) is 0 Å². The van der Waals surface area contributed by atoms with E-state index in [1.807, 2.05) is 0 Å². The highest BCUT2D eigenvalue weighted by Crippen LogP contribution is 2.67. The molecule has 0 saturated heterocycles. The Morgan fingerprint density at radius 3 is 2.31 bits per heavy atom. The summed E-state index contributed by atoms with van der Waals surface area (Å²) in [5.74, 6) is 4.92. The van der Waals surface area contributed by atoms with Crippen LogP contribution in [0, 0.1) is 46.3 Å². The Morgan fingerprint density at radius 2 is 1.64 bits per heavy atom. The first kappa shape index (κ1) is 34.7. The van der Waals surface area contributed by atoms with E-state index in [0.29, 0.717) is 16.7 Å². The van der Waals surface area contributed by atoms with E-state index in [9.17, 15) is 9.36 Å². The van der Waals surface area contributed by atoms with Gasteiger partial charge >= 0.3 is 13.8 Å². The number of phosphoric acid groups is 1. The summed E-state index contributed by atoms with van der Waals surface area (Å²) < 4.78 is 34.7. The van der Waals surface area contributed by atoms with Gasteiger partial charge < -0.3 is 9.26 Å². The van der Waals surface area contributed by atoms with Gasteiger partial charge in [0.15, 0.2) is 0 Å². The minimum absolute atomic E-state index is 0.100. The molecule has 7 heteroatoms. The quantitative estimate of drug-likeness (QED) is 0.121. The van der Waals surface area contributed by atoms with Crippen LogP contribution in [0.1, 0.15) is 129 Å². The van der Waals surface area contributed by atoms with Gasteiger partial charge in [-0.2, -0.15) is 0 Å². The molecule has 8 atom stereocenters. The summed E-state index contributed by atoms with van der Waals surface area (Å²) in [5.41, 5.74) is 2.70. The second kappa shape index (κ2) is 14.2. The van der Waals surface area contributed by atoms with Crippen molar-refractivity contribution in [3.8, 4) is 5.75 Å². The van der Waals surface area contributed by atoms with Crippen molar-refractivity contribution in [1.82, 2.24) is 0 Å². The Labute approximate surface area is 273 Å². The summed E-state index contributed by atoms with van der Waals surface area (Å²) in [7, 11) is -3.69. The Bertz CT molecular complexity index is 1230. The van der Waals surface area contributed by atoms with Crippen LogP contribution >= 0.6 is 7.82 Å². The molecule has 0 amide bonds. The summed E-state index contributed by atoms with van der Waals surface area (Å²) in [5, 5.41) is 0. The average molecular weight is 643 g/mol. The Kier molecular flexibility index (Phi) is 11.0. The number of benzene rings is 1. The highest BCUT2D eigenvalue weighted by molar-refractivity contribution is 7.48. The predicted octanol–water partition coefficient (Wildman–Crippen LogP) is 10.8. The number of phosphoric ester groups is 1. The molecule has 252 valence electrons. The first-order valence-electron chi connectivity index (χ1n) is 18.0. The molecule has 0 heterocycles. The van der Waals surface area contributed by atoms with E-state index >= 15 is 0 Å². The van der Waals surface area contributed by atoms with Gasteiger partial charge in [0.25, 0.3) is 0 Å². The lowest BCUT2D eigenvalue weighted by atomic mass is 9.47. The molecule has 0 bridgehead atoms. The number of carbonyl (C=O) groups is 1. The maximum Gasteiger partial charge on any atom is 0.530 e. The maximum absolute atomic E-state index is 13.1. The lowest BCUT2D eigenvalue weighted by Gasteiger charge is -2.58. The second-order valence-electron chi connectivity index (χ2n) is 15.5. The third kappa shape index (κ3) is 7.29. The van der Waals surface area contributed by atoms with Crippen LogP contribution in [0.15, 0.2) is 35.9 Å². The van der Waals surface area contributed by atoms with Gasteiger partial charge in [-0.3, -0.25) is 9.05 Å². The zero-order valence-electron chi connectivity index (χ0n) is 29.0. The van der Waals surface area contributed by atoms with E-state index in [1.54, 1.807) is 38.1 Å². The fraction of sp³-hybridized carbons (Fsp3) is 0.763. The number of hydrogen-bond donors (Lipinski definition) is 0. The maximum atomic E-state index is 13.1.